The summed E-state index contributed by atoms with van der Waals surface area (Å²) >= 11 is 0. The minimum atomic E-state index is -5.08. The molecule has 0 aliphatic carbocycles. The zero-order valence-corrected chi connectivity index (χ0v) is 17.8. The molecule has 4 rings (SSSR count). The highest BCUT2D eigenvalue weighted by molar-refractivity contribution is 5.77. The Kier molecular flexibility index (Phi) is 7.91. The molecule has 33 heavy (non-hydrogen) atoms. The third-order valence-corrected chi connectivity index (χ3v) is 5.49. The van der Waals surface area contributed by atoms with Crippen molar-refractivity contribution in [2.45, 2.75) is 43.6 Å². The van der Waals surface area contributed by atoms with E-state index in [2.05, 4.69) is 17.1 Å². The molecule has 1 amide bonds. The first-order valence-corrected chi connectivity index (χ1v) is 10.5. The summed E-state index contributed by atoms with van der Waals surface area (Å²) in [6, 6.07) is 13.9. The molecule has 0 unspecified atom stereocenters. The number of benzene rings is 1. The van der Waals surface area contributed by atoms with Crippen molar-refractivity contribution in [3.8, 4) is 5.75 Å². The van der Waals surface area contributed by atoms with E-state index in [9.17, 15) is 18.0 Å². The molecule has 0 bridgehead atoms. The molecule has 1 N–H and O–H groups in total. The number of amides is 1. The normalized spacial score (nSPS) is 22.0. The Morgan fingerprint density at radius 3 is 2.58 bits per heavy atom. The van der Waals surface area contributed by atoms with Gasteiger partial charge in [0.05, 0.1) is 18.4 Å². The van der Waals surface area contributed by atoms with Crippen LogP contribution in [0.15, 0.2) is 54.9 Å². The number of carboxylic acids is 1. The van der Waals surface area contributed by atoms with E-state index in [0.717, 1.165) is 31.6 Å². The Hall–Kier alpha value is -3.14. The van der Waals surface area contributed by atoms with Crippen molar-refractivity contribution in [3.63, 3.8) is 0 Å². The summed E-state index contributed by atoms with van der Waals surface area (Å²) in [6.07, 6.45) is 1.45. The number of nitrogens with zero attached hydrogens (tertiary/aromatic N) is 2. The van der Waals surface area contributed by atoms with E-state index < -0.39 is 12.1 Å². The Bertz CT molecular complexity index is 927. The van der Waals surface area contributed by atoms with E-state index in [1.54, 1.807) is 12.4 Å². The van der Waals surface area contributed by atoms with Gasteiger partial charge in [-0.3, -0.25) is 9.78 Å². The van der Waals surface area contributed by atoms with Crippen LogP contribution in [0, 0.1) is 0 Å². The second-order valence-corrected chi connectivity index (χ2v) is 7.98. The number of hydrogen-bond donors (Lipinski definition) is 1. The van der Waals surface area contributed by atoms with E-state index >= 15 is 0 Å². The molecular formula is C23H25F3N2O5. The first-order valence-electron chi connectivity index (χ1n) is 10.5. The lowest BCUT2D eigenvalue weighted by Crippen LogP contribution is -2.36. The zero-order valence-electron chi connectivity index (χ0n) is 17.8. The van der Waals surface area contributed by atoms with Crippen molar-refractivity contribution in [3.05, 3.63) is 60.4 Å². The fraction of sp³-hybridized carbons (Fsp3) is 0.435. The number of likely N-dealkylation sites (tertiary alicyclic amines) is 1. The molecule has 7 nitrogen and oxygen atoms in total. The van der Waals surface area contributed by atoms with Gasteiger partial charge in [0.2, 0.25) is 5.91 Å². The summed E-state index contributed by atoms with van der Waals surface area (Å²) < 4.78 is 43.8. The Morgan fingerprint density at radius 2 is 1.94 bits per heavy atom. The predicted molar refractivity (Wildman–Crippen MR) is 112 cm³/mol. The SMILES string of the molecule is O=C(CCc1ccccc1)N1CC[C@]2(C[C@H](Oc3cccnc3)CO2)C1.O=C(O)C(F)(F)F. The van der Waals surface area contributed by atoms with Crippen molar-refractivity contribution < 1.29 is 37.3 Å². The number of carbonyl (C=O) groups excluding carboxylic acids is 1. The van der Waals surface area contributed by atoms with Gasteiger partial charge >= 0.3 is 12.1 Å². The largest absolute Gasteiger partial charge is 0.490 e. The van der Waals surface area contributed by atoms with Gasteiger partial charge in [-0.2, -0.15) is 13.2 Å². The molecular weight excluding hydrogens is 441 g/mol. The van der Waals surface area contributed by atoms with Crippen LogP contribution in [0.1, 0.15) is 24.8 Å². The maximum Gasteiger partial charge on any atom is 0.490 e. The maximum atomic E-state index is 12.6. The summed E-state index contributed by atoms with van der Waals surface area (Å²) in [5, 5.41) is 7.12. The molecule has 2 atom stereocenters. The lowest BCUT2D eigenvalue weighted by molar-refractivity contribution is -0.192. The van der Waals surface area contributed by atoms with E-state index in [1.165, 1.54) is 5.56 Å². The summed E-state index contributed by atoms with van der Waals surface area (Å²) in [5.74, 6) is -1.77. The van der Waals surface area contributed by atoms with E-state index in [4.69, 9.17) is 19.4 Å². The fourth-order valence-electron chi connectivity index (χ4n) is 3.88. The molecule has 2 aliphatic rings. The molecule has 10 heteroatoms. The number of aryl methyl sites for hydroxylation is 1. The number of aliphatic carboxylic acids is 1. The average molecular weight is 466 g/mol. The summed E-state index contributed by atoms with van der Waals surface area (Å²) in [6.45, 7) is 2.02. The second kappa shape index (κ2) is 10.7. The van der Waals surface area contributed by atoms with Crippen LogP contribution in [0.4, 0.5) is 13.2 Å². The highest BCUT2D eigenvalue weighted by Gasteiger charge is 2.47. The Morgan fingerprint density at radius 1 is 1.21 bits per heavy atom. The molecule has 1 aromatic heterocycles. The van der Waals surface area contributed by atoms with Gasteiger partial charge in [-0.05, 0) is 30.5 Å². The van der Waals surface area contributed by atoms with Gasteiger partial charge in [-0.15, -0.1) is 0 Å². The van der Waals surface area contributed by atoms with Crippen LogP contribution in [0.25, 0.3) is 0 Å². The van der Waals surface area contributed by atoms with Crippen LogP contribution in [0.2, 0.25) is 0 Å². The molecule has 2 fully saturated rings. The van der Waals surface area contributed by atoms with E-state index in [-0.39, 0.29) is 17.6 Å². The monoisotopic (exact) mass is 466 g/mol. The van der Waals surface area contributed by atoms with Crippen molar-refractivity contribution in [1.29, 1.82) is 0 Å². The molecule has 2 aromatic rings. The maximum absolute atomic E-state index is 12.6. The smallest absolute Gasteiger partial charge is 0.486 e. The number of carboxylic acid groups (broad SMARTS) is 1. The highest BCUT2D eigenvalue weighted by Crippen LogP contribution is 2.36. The molecule has 3 heterocycles. The number of alkyl halides is 3. The van der Waals surface area contributed by atoms with Crippen LogP contribution in [-0.4, -0.2) is 64.4 Å². The number of hydrogen-bond acceptors (Lipinski definition) is 5. The summed E-state index contributed by atoms with van der Waals surface area (Å²) in [4.78, 5) is 27.5. The fourth-order valence-corrected chi connectivity index (χ4v) is 3.88. The van der Waals surface area contributed by atoms with Gasteiger partial charge in [0.15, 0.2) is 0 Å². The predicted octanol–water partition coefficient (Wildman–Crippen LogP) is 3.49. The Balaban J connectivity index is 0.000000383. The molecule has 2 saturated heterocycles. The van der Waals surface area contributed by atoms with Gasteiger partial charge < -0.3 is 19.5 Å². The minimum absolute atomic E-state index is 0.0265. The molecule has 0 saturated carbocycles. The molecule has 178 valence electrons. The van der Waals surface area contributed by atoms with Gasteiger partial charge in [-0.1, -0.05) is 30.3 Å². The number of pyridine rings is 1. The van der Waals surface area contributed by atoms with Gasteiger partial charge in [0, 0.05) is 32.1 Å². The van der Waals surface area contributed by atoms with Gasteiger partial charge in [0.1, 0.15) is 11.9 Å². The number of carbonyl (C=O) groups is 2. The van der Waals surface area contributed by atoms with Crippen LogP contribution < -0.4 is 4.74 Å². The van der Waals surface area contributed by atoms with Crippen LogP contribution in [0.5, 0.6) is 5.75 Å². The summed E-state index contributed by atoms with van der Waals surface area (Å²) in [5.41, 5.74) is 0.965. The third-order valence-electron chi connectivity index (χ3n) is 5.49. The first-order chi connectivity index (χ1) is 15.7. The standard InChI is InChI=1S/C21H24N2O3.C2HF3O2/c24-20(9-8-17-5-2-1-3-6-17)23-12-10-21(16-23)13-19(15-25-21)26-18-7-4-11-22-14-18;3-2(4,5)1(6)7/h1-7,11,14,19H,8-10,12-13,15-16H2;(H,6,7)/t19-,21-;/m0./s1. The first kappa shape index (κ1) is 24.5. The minimum Gasteiger partial charge on any atom is -0.486 e. The number of halogens is 3. The third kappa shape index (κ3) is 7.18. The zero-order chi connectivity index (χ0) is 23.9. The topological polar surface area (TPSA) is 89.0 Å². The van der Waals surface area contributed by atoms with Crippen LogP contribution >= 0.6 is 0 Å². The lowest BCUT2D eigenvalue weighted by atomic mass is 9.98. The lowest BCUT2D eigenvalue weighted by Gasteiger charge is -2.23. The van der Waals surface area contributed by atoms with Crippen LogP contribution in [-0.2, 0) is 20.7 Å². The second-order valence-electron chi connectivity index (χ2n) is 7.98. The molecule has 0 radical (unpaired) electrons. The molecule has 2 aliphatic heterocycles. The molecule has 1 aromatic carbocycles. The number of ether oxygens (including phenoxy) is 2. The Labute approximate surface area is 189 Å². The van der Waals surface area contributed by atoms with E-state index in [0.29, 0.717) is 19.6 Å². The van der Waals surface area contributed by atoms with Crippen molar-refractivity contribution in [1.82, 2.24) is 9.88 Å². The van der Waals surface area contributed by atoms with Crippen molar-refractivity contribution >= 4 is 11.9 Å². The van der Waals surface area contributed by atoms with Crippen molar-refractivity contribution in [2.75, 3.05) is 19.7 Å². The van der Waals surface area contributed by atoms with Crippen LogP contribution in [0.3, 0.4) is 0 Å². The number of aromatic nitrogens is 1. The molecule has 1 spiro atoms. The summed E-state index contributed by atoms with van der Waals surface area (Å²) in [7, 11) is 0. The van der Waals surface area contributed by atoms with Crippen molar-refractivity contribution in [2.24, 2.45) is 0 Å². The highest BCUT2D eigenvalue weighted by atomic mass is 19.4. The van der Waals surface area contributed by atoms with E-state index in [1.807, 2.05) is 35.2 Å². The number of rotatable bonds is 5. The van der Waals surface area contributed by atoms with Gasteiger partial charge in [-0.25, -0.2) is 4.79 Å². The quantitative estimate of drug-likeness (QED) is 0.726. The average Bonchev–Trinajstić information content (AvgIpc) is 3.39. The van der Waals surface area contributed by atoms with Gasteiger partial charge in [0.25, 0.3) is 0 Å².